The molecule has 0 spiro atoms. The van der Waals surface area contributed by atoms with Crippen LogP contribution in [0.2, 0.25) is 0 Å². The molecule has 2 aliphatic heterocycles. The summed E-state index contributed by atoms with van der Waals surface area (Å²) in [7, 11) is 0. The van der Waals surface area contributed by atoms with Gasteiger partial charge in [0.25, 0.3) is 0 Å². The first-order valence-corrected chi connectivity index (χ1v) is 10.7. The van der Waals surface area contributed by atoms with Gasteiger partial charge in [-0.15, -0.1) is 0 Å². The highest BCUT2D eigenvalue weighted by molar-refractivity contribution is 5.08. The van der Waals surface area contributed by atoms with Gasteiger partial charge < -0.3 is 10.0 Å². The lowest BCUT2D eigenvalue weighted by Crippen LogP contribution is -2.53. The van der Waals surface area contributed by atoms with Gasteiger partial charge in [-0.2, -0.15) is 0 Å². The Labute approximate surface area is 157 Å². The van der Waals surface area contributed by atoms with Crippen molar-refractivity contribution in [2.75, 3.05) is 32.7 Å². The van der Waals surface area contributed by atoms with Crippen molar-refractivity contribution in [1.82, 2.24) is 19.8 Å². The van der Waals surface area contributed by atoms with E-state index in [0.717, 1.165) is 57.9 Å². The van der Waals surface area contributed by atoms with E-state index in [-0.39, 0.29) is 0 Å². The lowest BCUT2D eigenvalue weighted by Gasteiger charge is -2.41. The Morgan fingerprint density at radius 3 is 2.35 bits per heavy atom. The summed E-state index contributed by atoms with van der Waals surface area (Å²) in [5.74, 6) is 1.61. The van der Waals surface area contributed by atoms with E-state index < -0.39 is 5.60 Å². The molecule has 0 aromatic carbocycles. The molecule has 2 saturated heterocycles. The summed E-state index contributed by atoms with van der Waals surface area (Å²) in [6, 6.07) is 0. The first kappa shape index (κ1) is 18.3. The Morgan fingerprint density at radius 1 is 0.923 bits per heavy atom. The molecule has 0 bridgehead atoms. The van der Waals surface area contributed by atoms with E-state index in [0.29, 0.717) is 5.92 Å². The van der Waals surface area contributed by atoms with Crippen molar-refractivity contribution in [2.45, 2.75) is 75.9 Å². The third-order valence-electron chi connectivity index (χ3n) is 6.45. The van der Waals surface area contributed by atoms with Crippen LogP contribution in [0.3, 0.4) is 0 Å². The summed E-state index contributed by atoms with van der Waals surface area (Å²) in [6.45, 7) is 5.83. The molecule has 1 aromatic rings. The van der Waals surface area contributed by atoms with Gasteiger partial charge >= 0.3 is 0 Å². The summed E-state index contributed by atoms with van der Waals surface area (Å²) in [6.07, 6.45) is 15.1. The quantitative estimate of drug-likeness (QED) is 0.877. The second-order valence-electron chi connectivity index (χ2n) is 8.81. The van der Waals surface area contributed by atoms with Crippen molar-refractivity contribution in [1.29, 1.82) is 0 Å². The minimum atomic E-state index is -0.550. The molecule has 0 radical (unpaired) electrons. The van der Waals surface area contributed by atoms with Crippen LogP contribution in [0.25, 0.3) is 0 Å². The predicted molar refractivity (Wildman–Crippen MR) is 103 cm³/mol. The zero-order valence-corrected chi connectivity index (χ0v) is 16.1. The van der Waals surface area contributed by atoms with E-state index in [2.05, 4.69) is 19.8 Å². The van der Waals surface area contributed by atoms with Gasteiger partial charge in [0.15, 0.2) is 0 Å². The largest absolute Gasteiger partial charge is 0.387 e. The number of hydrogen-bond acceptors (Lipinski definition) is 5. The van der Waals surface area contributed by atoms with Crippen LogP contribution >= 0.6 is 0 Å². The number of rotatable bonds is 5. The third kappa shape index (κ3) is 4.62. The molecule has 0 amide bonds. The van der Waals surface area contributed by atoms with Crippen LogP contribution in [0, 0.1) is 0 Å². The van der Waals surface area contributed by atoms with Crippen molar-refractivity contribution in [3.63, 3.8) is 0 Å². The van der Waals surface area contributed by atoms with Crippen molar-refractivity contribution in [2.24, 2.45) is 0 Å². The molecule has 3 fully saturated rings. The number of aromatic nitrogens is 2. The van der Waals surface area contributed by atoms with Crippen LogP contribution in [0.4, 0.5) is 0 Å². The van der Waals surface area contributed by atoms with E-state index in [1.54, 1.807) is 0 Å². The first-order chi connectivity index (χ1) is 12.7. The highest BCUT2D eigenvalue weighted by atomic mass is 16.3. The maximum Gasteiger partial charge on any atom is 0.131 e. The van der Waals surface area contributed by atoms with Crippen LogP contribution in [-0.2, 0) is 6.54 Å². The molecular formula is C21H34N4O. The Hall–Kier alpha value is -1.04. The van der Waals surface area contributed by atoms with Crippen molar-refractivity contribution in [3.8, 4) is 0 Å². The van der Waals surface area contributed by atoms with Gasteiger partial charge in [0.2, 0.25) is 0 Å². The standard InChI is InChI=1S/C21H34N4O/c26-21(16-24-10-4-5-11-24)9-6-12-25(17-21)15-18-13-22-20(23-14-18)19-7-2-1-3-8-19/h13-14,19,26H,1-12,15-17H2/t21-/m1/s1. The van der Waals surface area contributed by atoms with E-state index in [1.165, 1.54) is 50.5 Å². The van der Waals surface area contributed by atoms with Gasteiger partial charge in [-0.25, -0.2) is 9.97 Å². The number of aliphatic hydroxyl groups is 1. The van der Waals surface area contributed by atoms with Crippen LogP contribution < -0.4 is 0 Å². The highest BCUT2D eigenvalue weighted by Gasteiger charge is 2.35. The number of piperidine rings is 1. The molecule has 0 unspecified atom stereocenters. The molecule has 1 N–H and O–H groups in total. The lowest BCUT2D eigenvalue weighted by atomic mass is 9.89. The van der Waals surface area contributed by atoms with E-state index >= 15 is 0 Å². The van der Waals surface area contributed by atoms with E-state index in [9.17, 15) is 5.11 Å². The maximum absolute atomic E-state index is 11.1. The number of β-amino-alcohol motifs (C(OH)–C–C–N with tert-alkyl or cyclic N) is 1. The molecule has 4 rings (SSSR count). The Kier molecular flexibility index (Phi) is 5.87. The van der Waals surface area contributed by atoms with Gasteiger partial charge in [-0.1, -0.05) is 19.3 Å². The molecule has 1 aromatic heterocycles. The van der Waals surface area contributed by atoms with E-state index in [1.807, 2.05) is 12.4 Å². The normalized spacial score (nSPS) is 29.3. The first-order valence-electron chi connectivity index (χ1n) is 10.7. The zero-order chi connectivity index (χ0) is 17.8. The summed E-state index contributed by atoms with van der Waals surface area (Å²) in [5.41, 5.74) is 0.626. The molecule has 1 saturated carbocycles. The van der Waals surface area contributed by atoms with Crippen molar-refractivity contribution < 1.29 is 5.11 Å². The fourth-order valence-corrected chi connectivity index (χ4v) is 5.10. The lowest BCUT2D eigenvalue weighted by molar-refractivity contribution is -0.0519. The minimum Gasteiger partial charge on any atom is -0.387 e. The average Bonchev–Trinajstić information content (AvgIpc) is 3.15. The zero-order valence-electron chi connectivity index (χ0n) is 16.1. The molecule has 144 valence electrons. The fourth-order valence-electron chi connectivity index (χ4n) is 5.10. The number of nitrogens with zero attached hydrogens (tertiary/aromatic N) is 4. The van der Waals surface area contributed by atoms with Crippen LogP contribution in [0.5, 0.6) is 0 Å². The molecule has 1 aliphatic carbocycles. The monoisotopic (exact) mass is 358 g/mol. The topological polar surface area (TPSA) is 52.5 Å². The second-order valence-corrected chi connectivity index (χ2v) is 8.81. The Morgan fingerprint density at radius 2 is 1.62 bits per heavy atom. The highest BCUT2D eigenvalue weighted by Crippen LogP contribution is 2.30. The smallest absolute Gasteiger partial charge is 0.131 e. The van der Waals surface area contributed by atoms with Crippen molar-refractivity contribution >= 4 is 0 Å². The second kappa shape index (κ2) is 8.32. The summed E-state index contributed by atoms with van der Waals surface area (Å²) < 4.78 is 0. The molecule has 3 heterocycles. The Bertz CT molecular complexity index is 566. The number of likely N-dealkylation sites (tertiary alicyclic amines) is 2. The van der Waals surface area contributed by atoms with E-state index in [4.69, 9.17) is 0 Å². The molecule has 3 aliphatic rings. The maximum atomic E-state index is 11.1. The summed E-state index contributed by atoms with van der Waals surface area (Å²) in [4.78, 5) is 14.2. The van der Waals surface area contributed by atoms with Crippen molar-refractivity contribution in [3.05, 3.63) is 23.8 Å². The average molecular weight is 359 g/mol. The predicted octanol–water partition coefficient (Wildman–Crippen LogP) is 2.95. The molecule has 5 nitrogen and oxygen atoms in total. The Balaban J connectivity index is 1.32. The molecule has 26 heavy (non-hydrogen) atoms. The van der Waals surface area contributed by atoms with Gasteiger partial charge in [-0.3, -0.25) is 4.90 Å². The summed E-state index contributed by atoms with van der Waals surface area (Å²) >= 11 is 0. The fraction of sp³-hybridized carbons (Fsp3) is 0.810. The molecular weight excluding hydrogens is 324 g/mol. The van der Waals surface area contributed by atoms with Gasteiger partial charge in [0.1, 0.15) is 5.82 Å². The van der Waals surface area contributed by atoms with Gasteiger partial charge in [0.05, 0.1) is 5.60 Å². The number of hydrogen-bond donors (Lipinski definition) is 1. The minimum absolute atomic E-state index is 0.550. The van der Waals surface area contributed by atoms with Gasteiger partial charge in [-0.05, 0) is 58.2 Å². The van der Waals surface area contributed by atoms with Gasteiger partial charge in [0, 0.05) is 43.5 Å². The molecule has 5 heteroatoms. The van der Waals surface area contributed by atoms with Crippen LogP contribution in [0.15, 0.2) is 12.4 Å². The summed E-state index contributed by atoms with van der Waals surface area (Å²) in [5, 5.41) is 11.1. The molecule has 1 atom stereocenters. The SMILES string of the molecule is O[C@@]1(CN2CCCC2)CCCN(Cc2cnc(C3CCCCC3)nc2)C1. The van der Waals surface area contributed by atoms with Crippen LogP contribution in [-0.4, -0.2) is 63.2 Å². The van der Waals surface area contributed by atoms with Crippen LogP contribution in [0.1, 0.15) is 75.1 Å². The third-order valence-corrected chi connectivity index (χ3v) is 6.45.